The van der Waals surface area contributed by atoms with E-state index >= 15 is 0 Å². The van der Waals surface area contributed by atoms with Gasteiger partial charge >= 0.3 is 11.6 Å². The molecule has 1 aromatic heterocycles. The average Bonchev–Trinajstić information content (AvgIpc) is 2.90. The van der Waals surface area contributed by atoms with Crippen LogP contribution in [0.1, 0.15) is 37.3 Å². The van der Waals surface area contributed by atoms with Crippen LogP contribution in [-0.2, 0) is 11.2 Å². The van der Waals surface area contributed by atoms with Crippen molar-refractivity contribution < 1.29 is 18.7 Å². The average molecular weight is 498 g/mol. The van der Waals surface area contributed by atoms with Gasteiger partial charge in [0.1, 0.15) is 23.7 Å². The van der Waals surface area contributed by atoms with Crippen LogP contribution in [0.15, 0.2) is 82.0 Å². The summed E-state index contributed by atoms with van der Waals surface area (Å²) >= 11 is 0. The van der Waals surface area contributed by atoms with E-state index in [-0.39, 0.29) is 0 Å². The van der Waals surface area contributed by atoms with Crippen molar-refractivity contribution in [2.24, 2.45) is 0 Å². The molecule has 3 aromatic carbocycles. The third-order valence-electron chi connectivity index (χ3n) is 6.74. The van der Waals surface area contributed by atoms with E-state index in [0.717, 1.165) is 47.5 Å². The lowest BCUT2D eigenvalue weighted by Crippen LogP contribution is -2.33. The Kier molecular flexibility index (Phi) is 7.66. The number of hydrogen-bond donors (Lipinski definition) is 0. The van der Waals surface area contributed by atoms with Crippen molar-refractivity contribution in [3.63, 3.8) is 0 Å². The van der Waals surface area contributed by atoms with Crippen LogP contribution >= 0.6 is 0 Å². The van der Waals surface area contributed by atoms with Crippen molar-refractivity contribution in [1.82, 2.24) is 4.90 Å². The zero-order valence-corrected chi connectivity index (χ0v) is 21.1. The summed E-state index contributed by atoms with van der Waals surface area (Å²) in [5, 5.41) is 0.802. The Morgan fingerprint density at radius 3 is 2.38 bits per heavy atom. The SMILES string of the molecule is CC(=O)Oc1ccc2c(Cc3ccc(OCCN4CCCCC4)cc3)c(-c3ccccc3)c(=O)oc2c1. The minimum absolute atomic E-state index is 0.340. The van der Waals surface area contributed by atoms with Crippen molar-refractivity contribution >= 4 is 16.9 Å². The number of rotatable bonds is 8. The molecule has 0 amide bonds. The van der Waals surface area contributed by atoms with Crippen LogP contribution in [-0.4, -0.2) is 37.1 Å². The molecule has 0 atom stereocenters. The van der Waals surface area contributed by atoms with Crippen LogP contribution in [0.25, 0.3) is 22.1 Å². The first-order chi connectivity index (χ1) is 18.1. The van der Waals surface area contributed by atoms with E-state index < -0.39 is 11.6 Å². The van der Waals surface area contributed by atoms with Crippen LogP contribution in [0, 0.1) is 0 Å². The predicted molar refractivity (Wildman–Crippen MR) is 144 cm³/mol. The van der Waals surface area contributed by atoms with Gasteiger partial charge in [-0.25, -0.2) is 4.79 Å². The second kappa shape index (κ2) is 11.4. The van der Waals surface area contributed by atoms with Crippen molar-refractivity contribution in [3.05, 3.63) is 94.3 Å². The van der Waals surface area contributed by atoms with Gasteiger partial charge in [0, 0.05) is 24.9 Å². The number of likely N-dealkylation sites (tertiary alicyclic amines) is 1. The summed E-state index contributed by atoms with van der Waals surface area (Å²) in [4.78, 5) is 27.1. The van der Waals surface area contributed by atoms with Gasteiger partial charge in [-0.05, 0) is 73.3 Å². The highest BCUT2D eigenvalue weighted by Crippen LogP contribution is 2.32. The quantitative estimate of drug-likeness (QED) is 0.173. The molecule has 0 saturated carbocycles. The molecule has 4 aromatic rings. The number of fused-ring (bicyclic) bond motifs is 1. The Bertz CT molecular complexity index is 1420. The van der Waals surface area contributed by atoms with Crippen LogP contribution in [0.5, 0.6) is 11.5 Å². The number of piperidine rings is 1. The van der Waals surface area contributed by atoms with E-state index in [2.05, 4.69) is 4.90 Å². The number of nitrogens with zero attached hydrogens (tertiary/aromatic N) is 1. The number of carbonyl (C=O) groups excluding carboxylic acids is 1. The van der Waals surface area contributed by atoms with Gasteiger partial charge in [0.2, 0.25) is 0 Å². The first kappa shape index (κ1) is 24.8. The molecule has 6 heteroatoms. The highest BCUT2D eigenvalue weighted by atomic mass is 16.5. The summed E-state index contributed by atoms with van der Waals surface area (Å²) in [6.07, 6.45) is 4.42. The summed E-state index contributed by atoms with van der Waals surface area (Å²) in [6, 6.07) is 22.8. The number of benzene rings is 3. The third-order valence-corrected chi connectivity index (χ3v) is 6.74. The van der Waals surface area contributed by atoms with Gasteiger partial charge in [-0.2, -0.15) is 0 Å². The molecule has 1 fully saturated rings. The summed E-state index contributed by atoms with van der Waals surface area (Å²) < 4.78 is 16.9. The smallest absolute Gasteiger partial charge is 0.344 e. The first-order valence-corrected chi connectivity index (χ1v) is 12.8. The van der Waals surface area contributed by atoms with E-state index in [1.165, 1.54) is 26.2 Å². The molecule has 0 N–H and O–H groups in total. The maximum absolute atomic E-state index is 13.2. The molecular weight excluding hydrogens is 466 g/mol. The lowest BCUT2D eigenvalue weighted by Gasteiger charge is -2.26. The standard InChI is InChI=1S/C31H31NO5/c1-22(33)36-26-14-15-27-28(30(24-8-4-2-5-9-24)31(34)37-29(27)21-26)20-23-10-12-25(13-11-23)35-19-18-32-16-6-3-7-17-32/h2,4-5,8-15,21H,3,6-7,16-20H2,1H3. The van der Waals surface area contributed by atoms with Crippen molar-refractivity contribution in [2.75, 3.05) is 26.2 Å². The van der Waals surface area contributed by atoms with E-state index in [1.807, 2.05) is 60.7 Å². The molecule has 190 valence electrons. The van der Waals surface area contributed by atoms with Gasteiger partial charge < -0.3 is 13.9 Å². The molecule has 1 saturated heterocycles. The molecule has 0 bridgehead atoms. The molecule has 0 radical (unpaired) electrons. The second-order valence-electron chi connectivity index (χ2n) is 9.43. The van der Waals surface area contributed by atoms with Crippen molar-refractivity contribution in [1.29, 1.82) is 0 Å². The number of esters is 1. The minimum Gasteiger partial charge on any atom is -0.492 e. The molecule has 0 unspecified atom stereocenters. The summed E-state index contributed by atoms with van der Waals surface area (Å²) in [7, 11) is 0. The van der Waals surface area contributed by atoms with E-state index in [9.17, 15) is 9.59 Å². The highest BCUT2D eigenvalue weighted by Gasteiger charge is 2.18. The topological polar surface area (TPSA) is 69.0 Å². The number of hydrogen-bond acceptors (Lipinski definition) is 6. The van der Waals surface area contributed by atoms with Gasteiger partial charge in [-0.15, -0.1) is 0 Å². The van der Waals surface area contributed by atoms with Crippen LogP contribution < -0.4 is 15.1 Å². The third kappa shape index (κ3) is 6.09. The number of ether oxygens (including phenoxy) is 2. The molecule has 6 nitrogen and oxygen atoms in total. The van der Waals surface area contributed by atoms with Crippen molar-refractivity contribution in [3.8, 4) is 22.6 Å². The molecule has 1 aliphatic rings. The molecule has 5 rings (SSSR count). The summed E-state index contributed by atoms with van der Waals surface area (Å²) in [5.74, 6) is 0.751. The molecule has 0 spiro atoms. The summed E-state index contributed by atoms with van der Waals surface area (Å²) in [6.45, 7) is 5.28. The maximum Gasteiger partial charge on any atom is 0.344 e. The lowest BCUT2D eigenvalue weighted by atomic mass is 9.93. The molecule has 0 aliphatic carbocycles. The Morgan fingerprint density at radius 1 is 0.919 bits per heavy atom. The normalized spacial score (nSPS) is 14.0. The van der Waals surface area contributed by atoms with Crippen molar-refractivity contribution in [2.45, 2.75) is 32.6 Å². The lowest BCUT2D eigenvalue weighted by molar-refractivity contribution is -0.131. The van der Waals surface area contributed by atoms with Gasteiger partial charge in [-0.1, -0.05) is 48.9 Å². The van der Waals surface area contributed by atoms with Crippen LogP contribution in [0.3, 0.4) is 0 Å². The summed E-state index contributed by atoms with van der Waals surface area (Å²) in [5.41, 5.74) is 3.22. The second-order valence-corrected chi connectivity index (χ2v) is 9.43. The largest absolute Gasteiger partial charge is 0.492 e. The van der Waals surface area contributed by atoms with Gasteiger partial charge in [0.05, 0.1) is 5.56 Å². The number of carbonyl (C=O) groups is 1. The van der Waals surface area contributed by atoms with Gasteiger partial charge in [0.25, 0.3) is 0 Å². The molecular formula is C31H31NO5. The highest BCUT2D eigenvalue weighted by molar-refractivity contribution is 5.88. The molecule has 2 heterocycles. The Labute approximate surface area is 216 Å². The predicted octanol–water partition coefficient (Wildman–Crippen LogP) is 5.84. The molecule has 1 aliphatic heterocycles. The monoisotopic (exact) mass is 497 g/mol. The van der Waals surface area contributed by atoms with E-state index in [1.54, 1.807) is 12.1 Å². The van der Waals surface area contributed by atoms with Crippen LogP contribution in [0.2, 0.25) is 0 Å². The van der Waals surface area contributed by atoms with Gasteiger partial charge in [0.15, 0.2) is 0 Å². The molecule has 37 heavy (non-hydrogen) atoms. The fourth-order valence-corrected chi connectivity index (χ4v) is 4.94. The first-order valence-electron chi connectivity index (χ1n) is 12.8. The minimum atomic E-state index is -0.430. The fraction of sp³-hybridized carbons (Fsp3) is 0.290. The fourth-order valence-electron chi connectivity index (χ4n) is 4.94. The van der Waals surface area contributed by atoms with E-state index in [0.29, 0.717) is 29.9 Å². The van der Waals surface area contributed by atoms with Gasteiger partial charge in [-0.3, -0.25) is 9.69 Å². The van der Waals surface area contributed by atoms with E-state index in [4.69, 9.17) is 13.9 Å². The Hall–Kier alpha value is -3.90. The Balaban J connectivity index is 1.42. The zero-order chi connectivity index (χ0) is 25.6. The maximum atomic E-state index is 13.2. The Morgan fingerprint density at radius 2 is 1.65 bits per heavy atom. The zero-order valence-electron chi connectivity index (χ0n) is 21.1. The van der Waals surface area contributed by atoms with Crippen LogP contribution in [0.4, 0.5) is 0 Å².